The Balaban J connectivity index is 1.67. The Morgan fingerprint density at radius 2 is 2.09 bits per heavy atom. The van der Waals surface area contributed by atoms with E-state index in [1.807, 2.05) is 6.92 Å². The van der Waals surface area contributed by atoms with Crippen LogP contribution >= 0.6 is 0 Å². The summed E-state index contributed by atoms with van der Waals surface area (Å²) in [5.74, 6) is 5.14. The SMILES string of the molecule is C[C@H]1CN([C@@H](C)CO)C(=O)c2cc(C#Cc3ccccc3F)cnc2O[C@H]1CN(C)C(=O)C1CC1. The van der Waals surface area contributed by atoms with Crippen molar-refractivity contribution < 1.29 is 23.8 Å². The Morgan fingerprint density at radius 3 is 2.77 bits per heavy atom. The lowest BCUT2D eigenvalue weighted by molar-refractivity contribution is -0.132. The average molecular weight is 480 g/mol. The van der Waals surface area contributed by atoms with Crippen LogP contribution < -0.4 is 4.74 Å². The van der Waals surface area contributed by atoms with Crippen molar-refractivity contribution in [3.05, 3.63) is 59.0 Å². The van der Waals surface area contributed by atoms with Gasteiger partial charge in [-0.2, -0.15) is 0 Å². The van der Waals surface area contributed by atoms with Crippen LogP contribution in [-0.2, 0) is 4.79 Å². The molecule has 2 heterocycles. The number of pyridine rings is 1. The van der Waals surface area contributed by atoms with E-state index >= 15 is 0 Å². The van der Waals surface area contributed by atoms with Crippen LogP contribution in [0.5, 0.6) is 5.88 Å². The molecule has 35 heavy (non-hydrogen) atoms. The van der Waals surface area contributed by atoms with E-state index in [2.05, 4.69) is 16.8 Å². The quantitative estimate of drug-likeness (QED) is 0.667. The molecule has 4 rings (SSSR count). The first-order valence-electron chi connectivity index (χ1n) is 11.9. The van der Waals surface area contributed by atoms with E-state index in [4.69, 9.17) is 4.74 Å². The second-order valence-electron chi connectivity index (χ2n) is 9.42. The van der Waals surface area contributed by atoms with Gasteiger partial charge in [-0.25, -0.2) is 9.37 Å². The molecule has 8 heteroatoms. The number of amides is 2. The van der Waals surface area contributed by atoms with E-state index in [9.17, 15) is 19.1 Å². The number of carbonyl (C=O) groups excluding carboxylic acids is 2. The minimum absolute atomic E-state index is 0.0948. The van der Waals surface area contributed by atoms with E-state index in [1.54, 1.807) is 48.0 Å². The fraction of sp³-hybridized carbons (Fsp3) is 0.444. The summed E-state index contributed by atoms with van der Waals surface area (Å²) >= 11 is 0. The Labute approximate surface area is 204 Å². The molecule has 1 aliphatic carbocycles. The van der Waals surface area contributed by atoms with Crippen molar-refractivity contribution in [1.29, 1.82) is 0 Å². The summed E-state index contributed by atoms with van der Waals surface area (Å²) in [6.07, 6.45) is 2.93. The fourth-order valence-electron chi connectivity index (χ4n) is 4.09. The van der Waals surface area contributed by atoms with Gasteiger partial charge in [-0.05, 0) is 38.0 Å². The molecule has 0 saturated heterocycles. The molecule has 1 fully saturated rings. The average Bonchev–Trinajstić information content (AvgIpc) is 3.70. The second-order valence-corrected chi connectivity index (χ2v) is 9.42. The predicted octanol–water partition coefficient (Wildman–Crippen LogP) is 2.71. The van der Waals surface area contributed by atoms with Gasteiger partial charge in [-0.3, -0.25) is 9.59 Å². The molecule has 2 amide bonds. The topological polar surface area (TPSA) is 83.0 Å². The highest BCUT2D eigenvalue weighted by Gasteiger charge is 2.37. The normalized spacial score (nSPS) is 20.5. The van der Waals surface area contributed by atoms with Crippen LogP contribution in [0.4, 0.5) is 4.39 Å². The number of rotatable bonds is 5. The summed E-state index contributed by atoms with van der Waals surface area (Å²) in [4.78, 5) is 33.7. The minimum Gasteiger partial charge on any atom is -0.472 e. The Kier molecular flexibility index (Phi) is 7.37. The van der Waals surface area contributed by atoms with Crippen LogP contribution in [0.25, 0.3) is 0 Å². The smallest absolute Gasteiger partial charge is 0.259 e. The molecular weight excluding hydrogens is 449 g/mol. The number of hydrogen-bond donors (Lipinski definition) is 1. The number of aromatic nitrogens is 1. The summed E-state index contributed by atoms with van der Waals surface area (Å²) in [5, 5.41) is 9.79. The van der Waals surface area contributed by atoms with E-state index in [-0.39, 0.29) is 47.3 Å². The van der Waals surface area contributed by atoms with Crippen molar-refractivity contribution in [3.8, 4) is 17.7 Å². The van der Waals surface area contributed by atoms with Crippen LogP contribution in [0.15, 0.2) is 36.5 Å². The van der Waals surface area contributed by atoms with E-state index in [0.717, 1.165) is 12.8 Å². The number of fused-ring (bicyclic) bond motifs is 1. The maximum Gasteiger partial charge on any atom is 0.259 e. The van der Waals surface area contributed by atoms with E-state index in [0.29, 0.717) is 18.7 Å². The standard InChI is InChI=1S/C27H30FN3O4/c1-17-14-31(18(2)16-32)27(34)22-12-19(8-9-20-6-4-5-7-23(20)28)13-29-25(22)35-24(17)15-30(3)26(33)21-10-11-21/h4-7,12-13,17-18,21,24,32H,10-11,14-16H2,1-3H3/t17-,18-,24-/m0/s1. The van der Waals surface area contributed by atoms with Gasteiger partial charge >= 0.3 is 0 Å². The lowest BCUT2D eigenvalue weighted by Crippen LogP contribution is -2.50. The monoisotopic (exact) mass is 479 g/mol. The van der Waals surface area contributed by atoms with Gasteiger partial charge in [0.05, 0.1) is 24.8 Å². The van der Waals surface area contributed by atoms with Crippen molar-refractivity contribution in [2.45, 2.75) is 38.8 Å². The summed E-state index contributed by atoms with van der Waals surface area (Å²) in [6, 6.07) is 7.36. The largest absolute Gasteiger partial charge is 0.472 e. The molecule has 1 saturated carbocycles. The van der Waals surface area contributed by atoms with Crippen LogP contribution in [0.2, 0.25) is 0 Å². The molecule has 0 unspecified atom stereocenters. The number of ether oxygens (including phenoxy) is 1. The molecular formula is C27H30FN3O4. The van der Waals surface area contributed by atoms with Gasteiger partial charge < -0.3 is 19.6 Å². The third kappa shape index (κ3) is 5.63. The second kappa shape index (κ2) is 10.4. The Morgan fingerprint density at radius 1 is 1.34 bits per heavy atom. The molecule has 184 valence electrons. The highest BCUT2D eigenvalue weighted by Crippen LogP contribution is 2.32. The van der Waals surface area contributed by atoms with E-state index in [1.165, 1.54) is 12.3 Å². The molecule has 1 aliphatic heterocycles. The number of aliphatic hydroxyl groups is 1. The van der Waals surface area contributed by atoms with Gasteiger partial charge in [0, 0.05) is 37.2 Å². The van der Waals surface area contributed by atoms with Gasteiger partial charge in [0.2, 0.25) is 11.8 Å². The molecule has 7 nitrogen and oxygen atoms in total. The maximum atomic E-state index is 13.9. The minimum atomic E-state index is -0.428. The van der Waals surface area contributed by atoms with Crippen LogP contribution in [0, 0.1) is 29.5 Å². The third-order valence-electron chi connectivity index (χ3n) is 6.49. The van der Waals surface area contributed by atoms with Gasteiger partial charge in [-0.1, -0.05) is 30.9 Å². The summed E-state index contributed by atoms with van der Waals surface area (Å²) in [5.41, 5.74) is 0.903. The molecule has 2 aromatic rings. The highest BCUT2D eigenvalue weighted by atomic mass is 19.1. The van der Waals surface area contributed by atoms with Crippen molar-refractivity contribution in [3.63, 3.8) is 0 Å². The van der Waals surface area contributed by atoms with Crippen molar-refractivity contribution in [2.24, 2.45) is 11.8 Å². The summed E-state index contributed by atoms with van der Waals surface area (Å²) < 4.78 is 20.2. The van der Waals surface area contributed by atoms with Gasteiger partial charge in [-0.15, -0.1) is 0 Å². The van der Waals surface area contributed by atoms with Crippen LogP contribution in [0.3, 0.4) is 0 Å². The van der Waals surface area contributed by atoms with Crippen LogP contribution in [0.1, 0.15) is 48.2 Å². The third-order valence-corrected chi connectivity index (χ3v) is 6.49. The molecule has 0 spiro atoms. The zero-order chi connectivity index (χ0) is 25.1. The number of likely N-dealkylation sites (N-methyl/N-ethyl adjacent to an activating group) is 1. The maximum absolute atomic E-state index is 13.9. The molecule has 0 bridgehead atoms. The Hall–Kier alpha value is -3.44. The number of benzene rings is 1. The number of halogens is 1. The summed E-state index contributed by atoms with van der Waals surface area (Å²) in [6.45, 7) is 4.26. The first-order chi connectivity index (χ1) is 16.8. The molecule has 1 N–H and O–H groups in total. The Bertz CT molecular complexity index is 1170. The number of aliphatic hydroxyl groups excluding tert-OH is 1. The molecule has 3 atom stereocenters. The number of hydrogen-bond acceptors (Lipinski definition) is 5. The molecule has 1 aromatic carbocycles. The zero-order valence-electron chi connectivity index (χ0n) is 20.2. The van der Waals surface area contributed by atoms with Gasteiger partial charge in [0.25, 0.3) is 5.91 Å². The zero-order valence-corrected chi connectivity index (χ0v) is 20.2. The first-order valence-corrected chi connectivity index (χ1v) is 11.9. The van der Waals surface area contributed by atoms with Crippen molar-refractivity contribution in [2.75, 3.05) is 26.7 Å². The first kappa shape index (κ1) is 24.7. The predicted molar refractivity (Wildman–Crippen MR) is 128 cm³/mol. The summed E-state index contributed by atoms with van der Waals surface area (Å²) in [7, 11) is 1.77. The number of nitrogens with zero attached hydrogens (tertiary/aromatic N) is 3. The van der Waals surface area contributed by atoms with Crippen LogP contribution in [-0.4, -0.2) is 70.6 Å². The molecule has 2 aliphatic rings. The molecule has 0 radical (unpaired) electrons. The highest BCUT2D eigenvalue weighted by molar-refractivity contribution is 5.97. The molecule has 1 aromatic heterocycles. The lowest BCUT2D eigenvalue weighted by Gasteiger charge is -2.37. The van der Waals surface area contributed by atoms with Crippen molar-refractivity contribution in [1.82, 2.24) is 14.8 Å². The number of carbonyl (C=O) groups is 2. The van der Waals surface area contributed by atoms with Crippen molar-refractivity contribution >= 4 is 11.8 Å². The van der Waals surface area contributed by atoms with Gasteiger partial charge in [0.1, 0.15) is 17.5 Å². The van der Waals surface area contributed by atoms with E-state index < -0.39 is 18.0 Å². The fourth-order valence-corrected chi connectivity index (χ4v) is 4.09. The van der Waals surface area contributed by atoms with Gasteiger partial charge in [0.15, 0.2) is 0 Å². The lowest BCUT2D eigenvalue weighted by atomic mass is 9.99.